The molecule has 0 bridgehead atoms. The first-order valence-corrected chi connectivity index (χ1v) is 9.51. The lowest BCUT2D eigenvalue weighted by Crippen LogP contribution is -2.02. The number of benzene rings is 2. The fourth-order valence-corrected chi connectivity index (χ4v) is 3.79. The molecule has 0 N–H and O–H groups in total. The molecule has 3 rings (SSSR count). The highest BCUT2D eigenvalue weighted by atomic mass is 32.2. The third kappa shape index (κ3) is 4.07. The highest BCUT2D eigenvalue weighted by Crippen LogP contribution is 2.37. The molecule has 28 heavy (non-hydrogen) atoms. The van der Waals surface area contributed by atoms with Crippen LogP contribution in [0.25, 0.3) is 11.4 Å². The first kappa shape index (κ1) is 19.6. The van der Waals surface area contributed by atoms with Crippen molar-refractivity contribution >= 4 is 17.4 Å². The second-order valence-corrected chi connectivity index (χ2v) is 7.33. The van der Waals surface area contributed by atoms with Gasteiger partial charge in [0.05, 0.1) is 17.6 Å². The minimum absolute atomic E-state index is 0.0433. The largest absolute Gasteiger partial charge is 0.496 e. The topological polar surface area (TPSA) is 83.1 Å². The predicted octanol–water partition coefficient (Wildman–Crippen LogP) is 4.90. The quantitative estimate of drug-likeness (QED) is 0.233. The maximum Gasteiger partial charge on any atom is 0.269 e. The van der Waals surface area contributed by atoms with Crippen molar-refractivity contribution in [2.45, 2.75) is 23.9 Å². The van der Waals surface area contributed by atoms with Crippen LogP contribution in [0.5, 0.6) is 5.75 Å². The van der Waals surface area contributed by atoms with Crippen LogP contribution in [0.15, 0.2) is 66.3 Å². The van der Waals surface area contributed by atoms with E-state index in [1.54, 1.807) is 25.3 Å². The van der Waals surface area contributed by atoms with Crippen molar-refractivity contribution in [3.05, 3.63) is 76.9 Å². The van der Waals surface area contributed by atoms with Crippen LogP contribution in [0.1, 0.15) is 17.7 Å². The number of nitrogens with zero attached hydrogens (tertiary/aromatic N) is 4. The smallest absolute Gasteiger partial charge is 0.269 e. The van der Waals surface area contributed by atoms with Crippen LogP contribution in [0.2, 0.25) is 0 Å². The summed E-state index contributed by atoms with van der Waals surface area (Å²) in [7, 11) is 1.62. The molecule has 0 spiro atoms. The monoisotopic (exact) mass is 396 g/mol. The molecule has 144 valence electrons. The van der Waals surface area contributed by atoms with Gasteiger partial charge in [-0.3, -0.25) is 14.7 Å². The lowest BCUT2D eigenvalue weighted by Gasteiger charge is -2.13. The zero-order chi connectivity index (χ0) is 20.1. The lowest BCUT2D eigenvalue weighted by atomic mass is 10.1. The van der Waals surface area contributed by atoms with E-state index in [1.165, 1.54) is 17.8 Å². The lowest BCUT2D eigenvalue weighted by molar-refractivity contribution is -0.384. The Morgan fingerprint density at radius 3 is 2.79 bits per heavy atom. The number of aromatic nitrogens is 3. The Hall–Kier alpha value is -3.13. The third-order valence-corrected chi connectivity index (χ3v) is 5.35. The third-order valence-electron chi connectivity index (χ3n) is 4.21. The van der Waals surface area contributed by atoms with Gasteiger partial charge in [0.1, 0.15) is 5.75 Å². The summed E-state index contributed by atoms with van der Waals surface area (Å²) in [5.41, 5.74) is 1.77. The average Bonchev–Trinajstić information content (AvgIpc) is 3.10. The van der Waals surface area contributed by atoms with Crippen LogP contribution in [0.4, 0.5) is 5.69 Å². The summed E-state index contributed by atoms with van der Waals surface area (Å²) in [6.45, 7) is 6.35. The van der Waals surface area contributed by atoms with E-state index in [1.807, 2.05) is 41.8 Å². The minimum Gasteiger partial charge on any atom is -0.496 e. The van der Waals surface area contributed by atoms with Crippen LogP contribution >= 0.6 is 11.8 Å². The number of nitro groups is 1. The number of ether oxygens (including phenoxy) is 1. The normalized spacial score (nSPS) is 11.8. The van der Waals surface area contributed by atoms with Crippen molar-refractivity contribution in [1.82, 2.24) is 14.8 Å². The first-order valence-electron chi connectivity index (χ1n) is 8.63. The minimum atomic E-state index is -0.388. The molecule has 0 saturated heterocycles. The number of non-ortho nitro benzene ring substituents is 1. The number of rotatable bonds is 8. The molecule has 0 radical (unpaired) electrons. The summed E-state index contributed by atoms with van der Waals surface area (Å²) in [6, 6.07) is 14.3. The Labute approximate surface area is 167 Å². The average molecular weight is 396 g/mol. The van der Waals surface area contributed by atoms with Crippen LogP contribution in [0, 0.1) is 10.1 Å². The Bertz CT molecular complexity index is 1000. The van der Waals surface area contributed by atoms with Crippen molar-refractivity contribution in [3.63, 3.8) is 0 Å². The molecule has 0 saturated carbocycles. The van der Waals surface area contributed by atoms with Crippen molar-refractivity contribution < 1.29 is 9.66 Å². The van der Waals surface area contributed by atoms with E-state index in [4.69, 9.17) is 4.74 Å². The number of nitro benzene ring substituents is 1. The van der Waals surface area contributed by atoms with Gasteiger partial charge in [-0.05, 0) is 24.6 Å². The summed E-state index contributed by atoms with van der Waals surface area (Å²) in [6.07, 6.45) is 1.78. The predicted molar refractivity (Wildman–Crippen MR) is 110 cm³/mol. The number of hydrogen-bond donors (Lipinski definition) is 0. The van der Waals surface area contributed by atoms with Crippen LogP contribution in [-0.2, 0) is 6.54 Å². The van der Waals surface area contributed by atoms with Gasteiger partial charge in [0.25, 0.3) is 5.69 Å². The van der Waals surface area contributed by atoms with E-state index in [9.17, 15) is 10.1 Å². The molecule has 2 aromatic carbocycles. The van der Waals surface area contributed by atoms with Crippen molar-refractivity contribution in [1.29, 1.82) is 0 Å². The van der Waals surface area contributed by atoms with E-state index in [0.29, 0.717) is 23.3 Å². The number of allylic oxidation sites excluding steroid dienone is 1. The van der Waals surface area contributed by atoms with Crippen molar-refractivity contribution in [2.24, 2.45) is 0 Å². The molecule has 1 heterocycles. The van der Waals surface area contributed by atoms with E-state index < -0.39 is 0 Å². The van der Waals surface area contributed by atoms with Gasteiger partial charge in [-0.2, -0.15) is 0 Å². The Morgan fingerprint density at radius 1 is 1.29 bits per heavy atom. The van der Waals surface area contributed by atoms with E-state index in [0.717, 1.165) is 11.1 Å². The molecular formula is C20H20N4O3S. The Kier molecular flexibility index (Phi) is 6.10. The first-order chi connectivity index (χ1) is 13.5. The van der Waals surface area contributed by atoms with Crippen LogP contribution < -0.4 is 4.74 Å². The molecule has 7 nitrogen and oxygen atoms in total. The Morgan fingerprint density at radius 2 is 2.07 bits per heavy atom. The highest BCUT2D eigenvalue weighted by Gasteiger charge is 2.20. The van der Waals surface area contributed by atoms with Gasteiger partial charge in [0.15, 0.2) is 11.0 Å². The SMILES string of the molecule is C=CCn1c(S[C@H](C)c2cccc([N+](=O)[O-])c2)nnc1-c1ccccc1OC. The molecule has 0 aliphatic carbocycles. The molecule has 0 aliphatic rings. The van der Waals surface area contributed by atoms with Gasteiger partial charge in [-0.25, -0.2) is 0 Å². The fraction of sp³-hybridized carbons (Fsp3) is 0.200. The van der Waals surface area contributed by atoms with Gasteiger partial charge >= 0.3 is 0 Å². The number of thioether (sulfide) groups is 1. The molecular weight excluding hydrogens is 376 g/mol. The molecule has 8 heteroatoms. The van der Waals surface area contributed by atoms with E-state index >= 15 is 0 Å². The molecule has 3 aromatic rings. The van der Waals surface area contributed by atoms with E-state index in [-0.39, 0.29) is 15.9 Å². The van der Waals surface area contributed by atoms with Crippen molar-refractivity contribution in [3.8, 4) is 17.1 Å². The number of methoxy groups -OCH3 is 1. The summed E-state index contributed by atoms with van der Waals surface area (Å²) in [5.74, 6) is 1.40. The molecule has 0 amide bonds. The molecule has 0 fully saturated rings. The number of para-hydroxylation sites is 1. The summed E-state index contributed by atoms with van der Waals surface area (Å²) >= 11 is 1.49. The summed E-state index contributed by atoms with van der Waals surface area (Å²) < 4.78 is 7.41. The fourth-order valence-electron chi connectivity index (χ4n) is 2.82. The van der Waals surface area contributed by atoms with Gasteiger partial charge in [0.2, 0.25) is 0 Å². The second kappa shape index (κ2) is 8.71. The van der Waals surface area contributed by atoms with Crippen LogP contribution in [-0.4, -0.2) is 26.8 Å². The summed E-state index contributed by atoms with van der Waals surface area (Å²) in [4.78, 5) is 10.7. The zero-order valence-electron chi connectivity index (χ0n) is 15.6. The maximum atomic E-state index is 11.0. The summed E-state index contributed by atoms with van der Waals surface area (Å²) in [5, 5.41) is 20.4. The van der Waals surface area contributed by atoms with E-state index in [2.05, 4.69) is 16.8 Å². The van der Waals surface area contributed by atoms with Crippen molar-refractivity contribution in [2.75, 3.05) is 7.11 Å². The van der Waals surface area contributed by atoms with Gasteiger partial charge in [0, 0.05) is 23.9 Å². The number of hydrogen-bond acceptors (Lipinski definition) is 6. The standard InChI is InChI=1S/C20H20N4O3S/c1-4-12-23-19(17-10-5-6-11-18(17)27-3)21-22-20(23)28-14(2)15-8-7-9-16(13-15)24(25)26/h4-11,13-14H,1,12H2,2-3H3/t14-/m1/s1. The second-order valence-electron chi connectivity index (χ2n) is 6.02. The molecule has 1 aromatic heterocycles. The van der Waals surface area contributed by atoms with Crippen LogP contribution in [0.3, 0.4) is 0 Å². The maximum absolute atomic E-state index is 11.0. The van der Waals surface area contributed by atoms with Gasteiger partial charge in [-0.15, -0.1) is 16.8 Å². The highest BCUT2D eigenvalue weighted by molar-refractivity contribution is 7.99. The zero-order valence-corrected chi connectivity index (χ0v) is 16.4. The van der Waals surface area contributed by atoms with Gasteiger partial charge in [-0.1, -0.05) is 42.1 Å². The molecule has 0 aliphatic heterocycles. The molecule has 1 atom stereocenters. The van der Waals surface area contributed by atoms with Gasteiger partial charge < -0.3 is 4.74 Å². The Balaban J connectivity index is 1.94. The molecule has 0 unspecified atom stereocenters.